The second-order valence-corrected chi connectivity index (χ2v) is 3.76. The minimum atomic E-state index is -0.293. The van der Waals surface area contributed by atoms with Gasteiger partial charge in [-0.05, 0) is 30.7 Å². The number of phenolic OH excluding ortho intramolecular Hbond substituents is 1. The molecule has 2 unspecified atom stereocenters. The standard InChI is InChI=1S/C11H15NO2/c13-9-3-1-2-8(6-9)10-7-12-5-4-11(10)14/h1-3,6,10-14H,4-5,7H2. The molecule has 2 rings (SSSR count). The van der Waals surface area contributed by atoms with Gasteiger partial charge in [0.15, 0.2) is 0 Å². The highest BCUT2D eigenvalue weighted by molar-refractivity contribution is 5.30. The van der Waals surface area contributed by atoms with Crippen LogP contribution in [0.5, 0.6) is 5.75 Å². The fraction of sp³-hybridized carbons (Fsp3) is 0.455. The highest BCUT2D eigenvalue weighted by atomic mass is 16.3. The number of nitrogens with one attached hydrogen (secondary N) is 1. The van der Waals surface area contributed by atoms with Gasteiger partial charge in [0.2, 0.25) is 0 Å². The number of benzene rings is 1. The number of hydrogen-bond acceptors (Lipinski definition) is 3. The third-order valence-corrected chi connectivity index (χ3v) is 2.74. The minimum absolute atomic E-state index is 0.107. The fourth-order valence-corrected chi connectivity index (χ4v) is 1.94. The summed E-state index contributed by atoms with van der Waals surface area (Å²) in [6, 6.07) is 7.12. The molecule has 2 atom stereocenters. The number of hydrogen-bond donors (Lipinski definition) is 3. The van der Waals surface area contributed by atoms with Gasteiger partial charge in [0.1, 0.15) is 5.75 Å². The fourth-order valence-electron chi connectivity index (χ4n) is 1.94. The molecule has 3 N–H and O–H groups in total. The highest BCUT2D eigenvalue weighted by Gasteiger charge is 2.24. The van der Waals surface area contributed by atoms with Crippen molar-refractivity contribution >= 4 is 0 Å². The number of piperidine rings is 1. The Bertz CT molecular complexity index is 314. The molecule has 0 saturated carbocycles. The molecule has 3 nitrogen and oxygen atoms in total. The van der Waals surface area contributed by atoms with Gasteiger partial charge in [0.05, 0.1) is 6.10 Å². The molecule has 1 saturated heterocycles. The summed E-state index contributed by atoms with van der Waals surface area (Å²) in [4.78, 5) is 0. The van der Waals surface area contributed by atoms with Crippen molar-refractivity contribution in [3.05, 3.63) is 29.8 Å². The maximum Gasteiger partial charge on any atom is 0.115 e. The number of phenols is 1. The first kappa shape index (κ1) is 9.49. The summed E-state index contributed by atoms with van der Waals surface area (Å²) in [5.41, 5.74) is 1.00. The molecule has 1 fully saturated rings. The van der Waals surface area contributed by atoms with Gasteiger partial charge in [-0.3, -0.25) is 0 Å². The van der Waals surface area contributed by atoms with Crippen molar-refractivity contribution in [1.82, 2.24) is 5.32 Å². The molecule has 1 aromatic rings. The van der Waals surface area contributed by atoms with E-state index in [1.54, 1.807) is 12.1 Å². The molecule has 1 aliphatic rings. The number of aromatic hydroxyl groups is 1. The second-order valence-electron chi connectivity index (χ2n) is 3.76. The van der Waals surface area contributed by atoms with Crippen LogP contribution in [-0.4, -0.2) is 29.4 Å². The maximum absolute atomic E-state index is 9.79. The van der Waals surface area contributed by atoms with Crippen LogP contribution in [-0.2, 0) is 0 Å². The molecule has 14 heavy (non-hydrogen) atoms. The second kappa shape index (κ2) is 3.98. The predicted molar refractivity (Wildman–Crippen MR) is 54.3 cm³/mol. The molecule has 0 amide bonds. The predicted octanol–water partition coefficient (Wildman–Crippen LogP) is 0.830. The molecule has 0 aliphatic carbocycles. The van der Waals surface area contributed by atoms with Crippen molar-refractivity contribution in [3.8, 4) is 5.75 Å². The zero-order chi connectivity index (χ0) is 9.97. The summed E-state index contributed by atoms with van der Waals surface area (Å²) >= 11 is 0. The van der Waals surface area contributed by atoms with E-state index in [4.69, 9.17) is 0 Å². The molecular formula is C11H15NO2. The highest BCUT2D eigenvalue weighted by Crippen LogP contribution is 2.25. The van der Waals surface area contributed by atoms with Gasteiger partial charge in [-0.2, -0.15) is 0 Å². The van der Waals surface area contributed by atoms with Crippen LogP contribution >= 0.6 is 0 Å². The van der Waals surface area contributed by atoms with Crippen LogP contribution in [0.1, 0.15) is 17.9 Å². The molecule has 0 aromatic heterocycles. The lowest BCUT2D eigenvalue weighted by molar-refractivity contribution is 0.114. The molecule has 0 bridgehead atoms. The Balaban J connectivity index is 2.20. The molecular weight excluding hydrogens is 178 g/mol. The van der Waals surface area contributed by atoms with Crippen LogP contribution in [0.3, 0.4) is 0 Å². The van der Waals surface area contributed by atoms with E-state index in [0.29, 0.717) is 0 Å². The Morgan fingerprint density at radius 1 is 1.36 bits per heavy atom. The average Bonchev–Trinajstić information content (AvgIpc) is 2.18. The maximum atomic E-state index is 9.79. The van der Waals surface area contributed by atoms with Gasteiger partial charge in [-0.25, -0.2) is 0 Å². The van der Waals surface area contributed by atoms with Gasteiger partial charge < -0.3 is 15.5 Å². The van der Waals surface area contributed by atoms with Gasteiger partial charge in [0, 0.05) is 12.5 Å². The summed E-state index contributed by atoms with van der Waals surface area (Å²) in [7, 11) is 0. The summed E-state index contributed by atoms with van der Waals surface area (Å²) < 4.78 is 0. The quantitative estimate of drug-likeness (QED) is 0.619. The minimum Gasteiger partial charge on any atom is -0.508 e. The lowest BCUT2D eigenvalue weighted by atomic mass is 9.89. The number of rotatable bonds is 1. The molecule has 0 spiro atoms. The Kier molecular flexibility index (Phi) is 2.70. The SMILES string of the molecule is Oc1cccc(C2CNCCC2O)c1. The first-order valence-corrected chi connectivity index (χ1v) is 4.95. The van der Waals surface area contributed by atoms with E-state index >= 15 is 0 Å². The largest absolute Gasteiger partial charge is 0.508 e. The third-order valence-electron chi connectivity index (χ3n) is 2.74. The van der Waals surface area contributed by atoms with E-state index in [0.717, 1.165) is 25.1 Å². The monoisotopic (exact) mass is 193 g/mol. The van der Waals surface area contributed by atoms with E-state index in [1.807, 2.05) is 12.1 Å². The van der Waals surface area contributed by atoms with Crippen molar-refractivity contribution in [2.75, 3.05) is 13.1 Å². The Hall–Kier alpha value is -1.06. The Morgan fingerprint density at radius 2 is 2.21 bits per heavy atom. The van der Waals surface area contributed by atoms with Crippen molar-refractivity contribution in [2.45, 2.75) is 18.4 Å². The summed E-state index contributed by atoms with van der Waals surface area (Å²) in [6.45, 7) is 1.65. The normalized spacial score (nSPS) is 27.5. The number of aliphatic hydroxyl groups is 1. The summed E-state index contributed by atoms with van der Waals surface area (Å²) in [6.07, 6.45) is 0.485. The van der Waals surface area contributed by atoms with E-state index in [1.165, 1.54) is 0 Å². The topological polar surface area (TPSA) is 52.5 Å². The van der Waals surface area contributed by atoms with Gasteiger partial charge in [-0.1, -0.05) is 12.1 Å². The Labute approximate surface area is 83.4 Å². The molecule has 1 aliphatic heterocycles. The van der Waals surface area contributed by atoms with Crippen molar-refractivity contribution in [1.29, 1.82) is 0 Å². The van der Waals surface area contributed by atoms with Gasteiger partial charge >= 0.3 is 0 Å². The van der Waals surface area contributed by atoms with Crippen molar-refractivity contribution in [2.24, 2.45) is 0 Å². The summed E-state index contributed by atoms with van der Waals surface area (Å²) in [5.74, 6) is 0.371. The van der Waals surface area contributed by atoms with E-state index in [-0.39, 0.29) is 17.8 Å². The van der Waals surface area contributed by atoms with E-state index in [2.05, 4.69) is 5.32 Å². The number of aliphatic hydroxyl groups excluding tert-OH is 1. The first-order valence-electron chi connectivity index (χ1n) is 4.95. The lowest BCUT2D eigenvalue weighted by Crippen LogP contribution is -2.38. The Morgan fingerprint density at radius 3 is 2.93 bits per heavy atom. The van der Waals surface area contributed by atoms with E-state index < -0.39 is 0 Å². The van der Waals surface area contributed by atoms with Crippen LogP contribution in [0.2, 0.25) is 0 Å². The zero-order valence-corrected chi connectivity index (χ0v) is 7.98. The van der Waals surface area contributed by atoms with Crippen molar-refractivity contribution < 1.29 is 10.2 Å². The molecule has 1 heterocycles. The lowest BCUT2D eigenvalue weighted by Gasteiger charge is -2.28. The summed E-state index contributed by atoms with van der Waals surface area (Å²) in [5, 5.41) is 22.4. The van der Waals surface area contributed by atoms with Crippen LogP contribution in [0, 0.1) is 0 Å². The smallest absolute Gasteiger partial charge is 0.115 e. The third kappa shape index (κ3) is 1.89. The molecule has 0 radical (unpaired) electrons. The molecule has 76 valence electrons. The van der Waals surface area contributed by atoms with Crippen LogP contribution < -0.4 is 5.32 Å². The van der Waals surface area contributed by atoms with Crippen LogP contribution in [0.15, 0.2) is 24.3 Å². The first-order chi connectivity index (χ1) is 6.77. The van der Waals surface area contributed by atoms with Crippen molar-refractivity contribution in [3.63, 3.8) is 0 Å². The zero-order valence-electron chi connectivity index (χ0n) is 7.98. The average molecular weight is 193 g/mol. The van der Waals surface area contributed by atoms with Gasteiger partial charge in [-0.15, -0.1) is 0 Å². The molecule has 1 aromatic carbocycles. The van der Waals surface area contributed by atoms with Crippen LogP contribution in [0.25, 0.3) is 0 Å². The molecule has 3 heteroatoms. The van der Waals surface area contributed by atoms with Gasteiger partial charge in [0.25, 0.3) is 0 Å². The van der Waals surface area contributed by atoms with E-state index in [9.17, 15) is 10.2 Å². The van der Waals surface area contributed by atoms with Crippen LogP contribution in [0.4, 0.5) is 0 Å².